The van der Waals surface area contributed by atoms with Crippen molar-refractivity contribution in [3.05, 3.63) is 47.3 Å². The molecule has 0 fully saturated rings. The van der Waals surface area contributed by atoms with Crippen LogP contribution < -0.4 is 4.74 Å². The first-order chi connectivity index (χ1) is 10.3. The van der Waals surface area contributed by atoms with Gasteiger partial charge in [0.15, 0.2) is 0 Å². The number of nitrogens with zero attached hydrogens (tertiary/aromatic N) is 2. The minimum absolute atomic E-state index is 0.455. The van der Waals surface area contributed by atoms with Crippen molar-refractivity contribution in [2.24, 2.45) is 0 Å². The van der Waals surface area contributed by atoms with Gasteiger partial charge in [-0.1, -0.05) is 19.1 Å². The fourth-order valence-corrected chi connectivity index (χ4v) is 2.87. The van der Waals surface area contributed by atoms with Crippen molar-refractivity contribution < 1.29 is 9.84 Å². The first-order valence-electron chi connectivity index (χ1n) is 7.72. The van der Waals surface area contributed by atoms with Crippen LogP contribution in [0.15, 0.2) is 30.5 Å². The van der Waals surface area contributed by atoms with Gasteiger partial charge >= 0.3 is 0 Å². The predicted octanol–water partition coefficient (Wildman–Crippen LogP) is 2.89. The van der Waals surface area contributed by atoms with Crippen molar-refractivity contribution in [3.63, 3.8) is 0 Å². The van der Waals surface area contributed by atoms with Gasteiger partial charge in [-0.2, -0.15) is 5.10 Å². The van der Waals surface area contributed by atoms with Gasteiger partial charge in [-0.05, 0) is 42.5 Å². The molecule has 1 aromatic heterocycles. The van der Waals surface area contributed by atoms with Gasteiger partial charge in [0.2, 0.25) is 0 Å². The molecule has 3 rings (SSSR count). The molecule has 4 nitrogen and oxygen atoms in total. The SMILES string of the molecule is CCCn1nccc1C(O)CCc1ccc2c(c1)CCO2. The average Bonchev–Trinajstić information content (AvgIpc) is 3.13. The van der Waals surface area contributed by atoms with Crippen LogP contribution in [0.5, 0.6) is 5.75 Å². The molecule has 0 aliphatic carbocycles. The van der Waals surface area contributed by atoms with E-state index in [0.29, 0.717) is 0 Å². The van der Waals surface area contributed by atoms with E-state index in [1.54, 1.807) is 6.20 Å². The summed E-state index contributed by atoms with van der Waals surface area (Å²) < 4.78 is 7.42. The predicted molar refractivity (Wildman–Crippen MR) is 81.4 cm³/mol. The Balaban J connectivity index is 1.63. The molecule has 0 radical (unpaired) electrons. The Hall–Kier alpha value is -1.81. The molecule has 1 atom stereocenters. The molecular weight excluding hydrogens is 264 g/mol. The van der Waals surface area contributed by atoms with Gasteiger partial charge in [-0.15, -0.1) is 0 Å². The molecule has 0 saturated carbocycles. The number of aliphatic hydroxyl groups excluding tert-OH is 1. The van der Waals surface area contributed by atoms with Crippen LogP contribution in [-0.4, -0.2) is 21.5 Å². The number of aryl methyl sites for hydroxylation is 2. The molecule has 1 aliphatic heterocycles. The minimum atomic E-state index is -0.455. The van der Waals surface area contributed by atoms with Crippen molar-refractivity contribution in [2.45, 2.75) is 45.3 Å². The summed E-state index contributed by atoms with van der Waals surface area (Å²) in [5, 5.41) is 14.7. The number of aliphatic hydroxyl groups is 1. The molecule has 0 bridgehead atoms. The quantitative estimate of drug-likeness (QED) is 0.888. The van der Waals surface area contributed by atoms with E-state index in [2.05, 4.69) is 24.2 Å². The van der Waals surface area contributed by atoms with E-state index >= 15 is 0 Å². The van der Waals surface area contributed by atoms with Crippen LogP contribution in [0.4, 0.5) is 0 Å². The Morgan fingerprint density at radius 1 is 1.38 bits per heavy atom. The number of aromatic nitrogens is 2. The first kappa shape index (κ1) is 14.1. The molecule has 1 aromatic carbocycles. The summed E-state index contributed by atoms with van der Waals surface area (Å²) in [5.74, 6) is 1.01. The Kier molecular flexibility index (Phi) is 4.25. The highest BCUT2D eigenvalue weighted by atomic mass is 16.5. The highest BCUT2D eigenvalue weighted by molar-refractivity contribution is 5.39. The summed E-state index contributed by atoms with van der Waals surface area (Å²) in [7, 11) is 0. The lowest BCUT2D eigenvalue weighted by molar-refractivity contribution is 0.156. The zero-order chi connectivity index (χ0) is 14.7. The van der Waals surface area contributed by atoms with Crippen molar-refractivity contribution in [1.29, 1.82) is 0 Å². The van der Waals surface area contributed by atoms with E-state index in [4.69, 9.17) is 4.74 Å². The van der Waals surface area contributed by atoms with E-state index in [0.717, 1.165) is 50.3 Å². The van der Waals surface area contributed by atoms with Gasteiger partial charge in [0.25, 0.3) is 0 Å². The number of hydrogen-bond acceptors (Lipinski definition) is 3. The molecule has 2 heterocycles. The molecular formula is C17H22N2O2. The summed E-state index contributed by atoms with van der Waals surface area (Å²) in [6, 6.07) is 8.26. The van der Waals surface area contributed by atoms with Crippen LogP contribution in [0, 0.1) is 0 Å². The van der Waals surface area contributed by atoms with Crippen LogP contribution in [0.2, 0.25) is 0 Å². The molecule has 2 aromatic rings. The molecule has 0 saturated heterocycles. The zero-order valence-corrected chi connectivity index (χ0v) is 12.5. The third-order valence-corrected chi connectivity index (χ3v) is 3.99. The molecule has 4 heteroatoms. The summed E-state index contributed by atoms with van der Waals surface area (Å²) in [4.78, 5) is 0. The van der Waals surface area contributed by atoms with Crippen molar-refractivity contribution in [2.75, 3.05) is 6.61 Å². The Bertz CT molecular complexity index is 607. The van der Waals surface area contributed by atoms with E-state index in [-0.39, 0.29) is 0 Å². The second-order valence-electron chi connectivity index (χ2n) is 5.57. The number of hydrogen-bond donors (Lipinski definition) is 1. The van der Waals surface area contributed by atoms with Gasteiger partial charge in [-0.3, -0.25) is 4.68 Å². The molecule has 1 unspecified atom stereocenters. The molecule has 1 aliphatic rings. The fraction of sp³-hybridized carbons (Fsp3) is 0.471. The molecule has 0 amide bonds. The van der Waals surface area contributed by atoms with Gasteiger partial charge in [0.05, 0.1) is 18.4 Å². The second kappa shape index (κ2) is 6.31. The Morgan fingerprint density at radius 2 is 2.29 bits per heavy atom. The minimum Gasteiger partial charge on any atom is -0.493 e. The van der Waals surface area contributed by atoms with Gasteiger partial charge in [-0.25, -0.2) is 0 Å². The highest BCUT2D eigenvalue weighted by Crippen LogP contribution is 2.27. The van der Waals surface area contributed by atoms with Crippen LogP contribution in [-0.2, 0) is 19.4 Å². The zero-order valence-electron chi connectivity index (χ0n) is 12.5. The van der Waals surface area contributed by atoms with Crippen molar-refractivity contribution >= 4 is 0 Å². The number of ether oxygens (including phenoxy) is 1. The third-order valence-electron chi connectivity index (χ3n) is 3.99. The smallest absolute Gasteiger partial charge is 0.122 e. The van der Waals surface area contributed by atoms with Crippen molar-refractivity contribution in [1.82, 2.24) is 9.78 Å². The molecule has 0 spiro atoms. The standard InChI is InChI=1S/C17H22N2O2/c1-2-10-19-15(7-9-18-19)16(20)5-3-13-4-6-17-14(12-13)8-11-21-17/h4,6-7,9,12,16,20H,2-3,5,8,10-11H2,1H3. The number of benzene rings is 1. The van der Waals surface area contributed by atoms with Crippen LogP contribution in [0.1, 0.15) is 42.7 Å². The largest absolute Gasteiger partial charge is 0.493 e. The number of fused-ring (bicyclic) bond motifs is 1. The third kappa shape index (κ3) is 3.10. The van der Waals surface area contributed by atoms with Crippen molar-refractivity contribution in [3.8, 4) is 5.75 Å². The lowest BCUT2D eigenvalue weighted by Crippen LogP contribution is -2.09. The van der Waals surface area contributed by atoms with E-state index in [1.807, 2.05) is 16.8 Å². The van der Waals surface area contributed by atoms with E-state index in [1.165, 1.54) is 11.1 Å². The van der Waals surface area contributed by atoms with Crippen LogP contribution in [0.25, 0.3) is 0 Å². The molecule has 21 heavy (non-hydrogen) atoms. The molecule has 112 valence electrons. The summed E-state index contributed by atoms with van der Waals surface area (Å²) in [6.07, 6.45) is 4.91. The lowest BCUT2D eigenvalue weighted by Gasteiger charge is -2.13. The Labute approximate surface area is 125 Å². The topological polar surface area (TPSA) is 47.3 Å². The Morgan fingerprint density at radius 3 is 3.14 bits per heavy atom. The normalized spacial score (nSPS) is 14.8. The lowest BCUT2D eigenvalue weighted by atomic mass is 10.0. The fourth-order valence-electron chi connectivity index (χ4n) is 2.87. The second-order valence-corrected chi connectivity index (χ2v) is 5.57. The van der Waals surface area contributed by atoms with E-state index in [9.17, 15) is 5.11 Å². The van der Waals surface area contributed by atoms with Crippen LogP contribution in [0.3, 0.4) is 0 Å². The highest BCUT2D eigenvalue weighted by Gasteiger charge is 2.15. The molecule has 1 N–H and O–H groups in total. The maximum atomic E-state index is 10.4. The van der Waals surface area contributed by atoms with Crippen LogP contribution >= 0.6 is 0 Å². The summed E-state index contributed by atoms with van der Waals surface area (Å²) in [6.45, 7) is 3.76. The first-order valence-corrected chi connectivity index (χ1v) is 7.72. The maximum absolute atomic E-state index is 10.4. The average molecular weight is 286 g/mol. The van der Waals surface area contributed by atoms with Gasteiger partial charge in [0.1, 0.15) is 5.75 Å². The summed E-state index contributed by atoms with van der Waals surface area (Å²) >= 11 is 0. The summed E-state index contributed by atoms with van der Waals surface area (Å²) in [5.41, 5.74) is 3.47. The van der Waals surface area contributed by atoms with Gasteiger partial charge in [0, 0.05) is 19.2 Å². The van der Waals surface area contributed by atoms with Gasteiger partial charge < -0.3 is 9.84 Å². The monoisotopic (exact) mass is 286 g/mol. The maximum Gasteiger partial charge on any atom is 0.122 e. The van der Waals surface area contributed by atoms with E-state index < -0.39 is 6.10 Å². The number of rotatable bonds is 6.